The highest BCUT2D eigenvalue weighted by atomic mass is 16.7. The molecular weight excluding hydrogens is 192 g/mol. The van der Waals surface area contributed by atoms with E-state index in [1.165, 1.54) is 0 Å². The third kappa shape index (κ3) is 2.18. The van der Waals surface area contributed by atoms with Crippen LogP contribution in [0.5, 0.6) is 0 Å². The number of carbonyl (C=O) groups excluding carboxylic acids is 1. The van der Waals surface area contributed by atoms with E-state index >= 15 is 0 Å². The lowest BCUT2D eigenvalue weighted by molar-refractivity contribution is -0.143. The first-order chi connectivity index (χ1) is 7.31. The Labute approximate surface area is 89.0 Å². The van der Waals surface area contributed by atoms with Crippen LogP contribution in [0, 0.1) is 0 Å². The van der Waals surface area contributed by atoms with Crippen molar-refractivity contribution in [3.05, 3.63) is 35.9 Å². The fourth-order valence-electron chi connectivity index (χ4n) is 1.63. The second-order valence-corrected chi connectivity index (χ2v) is 3.58. The Bertz CT molecular complexity index is 334. The number of hydrogen-bond donors (Lipinski definition) is 0. The first-order valence-electron chi connectivity index (χ1n) is 5.22. The topological polar surface area (TPSA) is 35.5 Å². The summed E-state index contributed by atoms with van der Waals surface area (Å²) in [6.45, 7) is 2.03. The first kappa shape index (κ1) is 10.2. The average molecular weight is 206 g/mol. The van der Waals surface area contributed by atoms with Gasteiger partial charge in [0.2, 0.25) is 6.29 Å². The van der Waals surface area contributed by atoms with Gasteiger partial charge in [0, 0.05) is 6.42 Å². The normalized spacial score (nSPS) is 25.3. The minimum atomic E-state index is -0.539. The van der Waals surface area contributed by atoms with Gasteiger partial charge in [0.05, 0.1) is 0 Å². The molecule has 0 amide bonds. The third-order valence-corrected chi connectivity index (χ3v) is 2.38. The van der Waals surface area contributed by atoms with Crippen LogP contribution >= 0.6 is 0 Å². The Hall–Kier alpha value is -1.35. The van der Waals surface area contributed by atoms with Crippen molar-refractivity contribution in [3.8, 4) is 0 Å². The molecule has 1 aliphatic rings. The maximum atomic E-state index is 11.5. The lowest BCUT2D eigenvalue weighted by atomic mass is 10.1. The molecule has 2 atom stereocenters. The molecule has 0 aromatic heterocycles. The molecule has 3 nitrogen and oxygen atoms in total. The van der Waals surface area contributed by atoms with Gasteiger partial charge >= 0.3 is 5.97 Å². The molecule has 1 aliphatic heterocycles. The summed E-state index contributed by atoms with van der Waals surface area (Å²) in [7, 11) is 0. The van der Waals surface area contributed by atoms with E-state index in [1.807, 2.05) is 37.3 Å². The molecule has 1 heterocycles. The quantitative estimate of drug-likeness (QED) is 0.712. The standard InChI is InChI=1S/C12H14O3/c1-2-6-10-14-11(12(13)15-10)9-7-4-3-5-8-9/h3-5,7-8,10-11H,2,6H2,1H3/t10-,11-/m0/s1. The van der Waals surface area contributed by atoms with Crippen LogP contribution in [0.3, 0.4) is 0 Å². The maximum absolute atomic E-state index is 11.5. The van der Waals surface area contributed by atoms with Gasteiger partial charge in [-0.2, -0.15) is 0 Å². The third-order valence-electron chi connectivity index (χ3n) is 2.38. The van der Waals surface area contributed by atoms with Gasteiger partial charge in [-0.15, -0.1) is 0 Å². The fraction of sp³-hybridized carbons (Fsp3) is 0.417. The molecule has 1 fully saturated rings. The Morgan fingerprint density at radius 1 is 1.27 bits per heavy atom. The molecule has 0 bridgehead atoms. The predicted octanol–water partition coefficient (Wildman–Crippen LogP) is 2.43. The van der Waals surface area contributed by atoms with Gasteiger partial charge in [-0.05, 0) is 5.56 Å². The van der Waals surface area contributed by atoms with E-state index in [1.54, 1.807) is 0 Å². The van der Waals surface area contributed by atoms with Gasteiger partial charge in [0.25, 0.3) is 0 Å². The van der Waals surface area contributed by atoms with Crippen molar-refractivity contribution in [2.24, 2.45) is 0 Å². The number of cyclic esters (lactones) is 1. The summed E-state index contributed by atoms with van der Waals surface area (Å²) < 4.78 is 10.6. The highest BCUT2D eigenvalue weighted by molar-refractivity contribution is 5.77. The molecule has 1 aromatic rings. The molecule has 80 valence electrons. The monoisotopic (exact) mass is 206 g/mol. The molecule has 1 aromatic carbocycles. The average Bonchev–Trinajstić information content (AvgIpc) is 2.61. The van der Waals surface area contributed by atoms with Gasteiger partial charge in [-0.1, -0.05) is 43.7 Å². The van der Waals surface area contributed by atoms with Crippen LogP contribution in [0.15, 0.2) is 30.3 Å². The molecule has 0 unspecified atom stereocenters. The first-order valence-corrected chi connectivity index (χ1v) is 5.22. The van der Waals surface area contributed by atoms with Crippen molar-refractivity contribution in [2.45, 2.75) is 32.2 Å². The summed E-state index contributed by atoms with van der Waals surface area (Å²) in [5.41, 5.74) is 0.862. The molecule has 1 saturated heterocycles. The van der Waals surface area contributed by atoms with Crippen molar-refractivity contribution in [2.75, 3.05) is 0 Å². The second kappa shape index (κ2) is 4.45. The summed E-state index contributed by atoms with van der Waals surface area (Å²) in [6, 6.07) is 9.44. The largest absolute Gasteiger partial charge is 0.434 e. The van der Waals surface area contributed by atoms with Gasteiger partial charge < -0.3 is 9.47 Å². The molecule has 3 heteroatoms. The van der Waals surface area contributed by atoms with Crippen LogP contribution < -0.4 is 0 Å². The van der Waals surface area contributed by atoms with Crippen LogP contribution in [0.2, 0.25) is 0 Å². The second-order valence-electron chi connectivity index (χ2n) is 3.58. The van der Waals surface area contributed by atoms with E-state index < -0.39 is 6.10 Å². The van der Waals surface area contributed by atoms with E-state index in [2.05, 4.69) is 0 Å². The number of ether oxygens (including phenoxy) is 2. The zero-order valence-electron chi connectivity index (χ0n) is 8.68. The maximum Gasteiger partial charge on any atom is 0.342 e. The van der Waals surface area contributed by atoms with Crippen molar-refractivity contribution in [1.82, 2.24) is 0 Å². The summed E-state index contributed by atoms with van der Waals surface area (Å²) in [6.07, 6.45) is 0.796. The molecule has 2 rings (SSSR count). The number of rotatable bonds is 3. The van der Waals surface area contributed by atoms with Gasteiger partial charge in [-0.25, -0.2) is 4.79 Å². The van der Waals surface area contributed by atoms with Crippen molar-refractivity contribution in [3.63, 3.8) is 0 Å². The molecular formula is C12H14O3. The smallest absolute Gasteiger partial charge is 0.342 e. The van der Waals surface area contributed by atoms with E-state index in [4.69, 9.17) is 9.47 Å². The van der Waals surface area contributed by atoms with Crippen LogP contribution in [0.1, 0.15) is 31.4 Å². The summed E-state index contributed by atoms with van der Waals surface area (Å²) in [5, 5.41) is 0. The van der Waals surface area contributed by atoms with Crippen molar-refractivity contribution in [1.29, 1.82) is 0 Å². The summed E-state index contributed by atoms with van der Waals surface area (Å²) >= 11 is 0. The number of benzene rings is 1. The number of carbonyl (C=O) groups is 1. The SMILES string of the molecule is CCC[C@@H]1OC(=O)[C@H](c2ccccc2)O1. The number of esters is 1. The van der Waals surface area contributed by atoms with E-state index in [-0.39, 0.29) is 12.3 Å². The van der Waals surface area contributed by atoms with Crippen LogP contribution in [-0.2, 0) is 14.3 Å². The molecule has 0 radical (unpaired) electrons. The van der Waals surface area contributed by atoms with E-state index in [0.717, 1.165) is 18.4 Å². The van der Waals surface area contributed by atoms with Crippen LogP contribution in [0.4, 0.5) is 0 Å². The van der Waals surface area contributed by atoms with Gasteiger partial charge in [0.15, 0.2) is 6.10 Å². The highest BCUT2D eigenvalue weighted by Crippen LogP contribution is 2.29. The Kier molecular flexibility index (Phi) is 3.02. The van der Waals surface area contributed by atoms with Gasteiger partial charge in [0.1, 0.15) is 0 Å². The van der Waals surface area contributed by atoms with E-state index in [0.29, 0.717) is 0 Å². The lowest BCUT2D eigenvalue weighted by Crippen LogP contribution is -2.06. The zero-order chi connectivity index (χ0) is 10.7. The molecule has 0 saturated carbocycles. The van der Waals surface area contributed by atoms with Crippen LogP contribution in [-0.4, -0.2) is 12.3 Å². The highest BCUT2D eigenvalue weighted by Gasteiger charge is 2.35. The minimum Gasteiger partial charge on any atom is -0.434 e. The molecule has 0 spiro atoms. The van der Waals surface area contributed by atoms with E-state index in [9.17, 15) is 4.79 Å². The fourth-order valence-corrected chi connectivity index (χ4v) is 1.63. The minimum absolute atomic E-state index is 0.278. The number of hydrogen-bond acceptors (Lipinski definition) is 3. The summed E-state index contributed by atoms with van der Waals surface area (Å²) in [4.78, 5) is 11.5. The zero-order valence-corrected chi connectivity index (χ0v) is 8.68. The Morgan fingerprint density at radius 3 is 2.67 bits per heavy atom. The van der Waals surface area contributed by atoms with Crippen LogP contribution in [0.25, 0.3) is 0 Å². The summed E-state index contributed by atoms with van der Waals surface area (Å²) in [5.74, 6) is -0.278. The Morgan fingerprint density at radius 2 is 2.00 bits per heavy atom. The molecule has 15 heavy (non-hydrogen) atoms. The van der Waals surface area contributed by atoms with Gasteiger partial charge in [-0.3, -0.25) is 0 Å². The lowest BCUT2D eigenvalue weighted by Gasteiger charge is -2.07. The molecule has 0 aliphatic carbocycles. The predicted molar refractivity (Wildman–Crippen MR) is 55.1 cm³/mol. The van der Waals surface area contributed by atoms with Crippen molar-refractivity contribution >= 4 is 5.97 Å². The molecule has 0 N–H and O–H groups in total. The van der Waals surface area contributed by atoms with Crippen molar-refractivity contribution < 1.29 is 14.3 Å². The Balaban J connectivity index is 2.09.